The van der Waals surface area contributed by atoms with Crippen molar-refractivity contribution in [3.63, 3.8) is 0 Å². The number of aromatic nitrogens is 3. The minimum Gasteiger partial charge on any atom is -0.478 e. The summed E-state index contributed by atoms with van der Waals surface area (Å²) in [4.78, 5) is 31.8. The van der Waals surface area contributed by atoms with Crippen molar-refractivity contribution in [1.82, 2.24) is 14.1 Å². The molecule has 1 aromatic carbocycles. The fourth-order valence-corrected chi connectivity index (χ4v) is 4.47. The maximum Gasteiger partial charge on any atom is 0.335 e. The van der Waals surface area contributed by atoms with Crippen molar-refractivity contribution in [2.45, 2.75) is 67.0 Å². The van der Waals surface area contributed by atoms with Gasteiger partial charge in [0.05, 0.1) is 16.9 Å². The summed E-state index contributed by atoms with van der Waals surface area (Å²) in [5, 5.41) is 9.26. The van der Waals surface area contributed by atoms with Crippen LogP contribution < -0.4 is 10.6 Å². The molecule has 0 unspecified atom stereocenters. The van der Waals surface area contributed by atoms with E-state index >= 15 is 0 Å². The number of nitrogens with zero attached hydrogens (tertiary/aromatic N) is 4. The maximum absolute atomic E-state index is 13.4. The summed E-state index contributed by atoms with van der Waals surface area (Å²) in [6, 6.07) is 7.32. The molecule has 1 aliphatic rings. The summed E-state index contributed by atoms with van der Waals surface area (Å²) in [7, 11) is 0. The Bertz CT molecular complexity index is 1170. The second-order valence-electron chi connectivity index (χ2n) is 7.69. The number of carboxylic acids is 1. The van der Waals surface area contributed by atoms with E-state index in [-0.39, 0.29) is 11.3 Å². The number of carbonyl (C=O) groups is 1. The van der Waals surface area contributed by atoms with Crippen LogP contribution in [-0.4, -0.2) is 37.8 Å². The molecule has 1 N–H and O–H groups in total. The van der Waals surface area contributed by atoms with E-state index in [2.05, 4.69) is 24.8 Å². The van der Waals surface area contributed by atoms with E-state index < -0.39 is 5.97 Å². The molecule has 3 aromatic rings. The van der Waals surface area contributed by atoms with Crippen LogP contribution in [0.4, 0.5) is 5.69 Å². The normalized spacial score (nSPS) is 12.8. The molecular weight excluding hydrogens is 392 g/mol. The number of carboxylic acid groups (broad SMARTS) is 1. The number of aromatic carboxylic acids is 1. The summed E-state index contributed by atoms with van der Waals surface area (Å²) in [5.74, 6) is -0.982. The molecule has 166 valence electrons. The zero-order valence-electron chi connectivity index (χ0n) is 19.3. The van der Waals surface area contributed by atoms with E-state index in [0.29, 0.717) is 23.9 Å². The van der Waals surface area contributed by atoms with Crippen LogP contribution in [0, 0.1) is 13.8 Å². The van der Waals surface area contributed by atoms with Crippen LogP contribution in [0.3, 0.4) is 0 Å². The Labute approximate surface area is 182 Å². The third kappa shape index (κ3) is 3.73. The highest BCUT2D eigenvalue weighted by Crippen LogP contribution is 2.33. The minimum absolute atomic E-state index is 0.130. The molecule has 0 amide bonds. The molecule has 0 atom stereocenters. The lowest BCUT2D eigenvalue weighted by Crippen LogP contribution is -2.41. The summed E-state index contributed by atoms with van der Waals surface area (Å²) in [5.41, 5.74) is 4.88. The number of hydrogen-bond acceptors (Lipinski definition) is 4. The van der Waals surface area contributed by atoms with Crippen molar-refractivity contribution >= 4 is 22.8 Å². The lowest BCUT2D eigenvalue weighted by atomic mass is 10.1. The molecule has 0 spiro atoms. The van der Waals surface area contributed by atoms with Crippen LogP contribution in [0.25, 0.3) is 16.9 Å². The molecular formula is C24H32N4O3. The van der Waals surface area contributed by atoms with Gasteiger partial charge in [-0.25, -0.2) is 19.1 Å². The molecule has 0 fully saturated rings. The Morgan fingerprint density at radius 2 is 1.77 bits per heavy atom. The number of anilines is 1. The molecule has 0 saturated heterocycles. The van der Waals surface area contributed by atoms with Crippen LogP contribution in [-0.2, 0) is 6.54 Å². The summed E-state index contributed by atoms with van der Waals surface area (Å²) >= 11 is 0. The fraction of sp³-hybridized carbons (Fsp3) is 0.458. The number of imidazole rings is 1. The Kier molecular flexibility index (Phi) is 6.53. The van der Waals surface area contributed by atoms with Crippen LogP contribution in [0.2, 0.25) is 0 Å². The molecule has 0 bridgehead atoms. The van der Waals surface area contributed by atoms with Crippen molar-refractivity contribution in [3.05, 3.63) is 51.6 Å². The summed E-state index contributed by atoms with van der Waals surface area (Å²) in [6.07, 6.45) is 2.08. The van der Waals surface area contributed by atoms with Crippen molar-refractivity contribution in [2.75, 3.05) is 11.4 Å². The third-order valence-corrected chi connectivity index (χ3v) is 5.93. The fourth-order valence-electron chi connectivity index (χ4n) is 4.47. The number of rotatable bonds is 5. The van der Waals surface area contributed by atoms with E-state index in [4.69, 9.17) is 4.98 Å². The lowest BCUT2D eigenvalue weighted by molar-refractivity contribution is 0.0697. The van der Waals surface area contributed by atoms with Gasteiger partial charge in [0.2, 0.25) is 0 Å². The molecule has 7 heteroatoms. The first kappa shape index (κ1) is 22.6. The highest BCUT2D eigenvalue weighted by atomic mass is 16.4. The van der Waals surface area contributed by atoms with Crippen LogP contribution in [0.5, 0.6) is 0 Å². The van der Waals surface area contributed by atoms with Gasteiger partial charge in [-0.3, -0.25) is 4.57 Å². The first-order chi connectivity index (χ1) is 14.9. The quantitative estimate of drug-likeness (QED) is 0.650. The van der Waals surface area contributed by atoms with E-state index in [1.165, 1.54) is 6.07 Å². The lowest BCUT2D eigenvalue weighted by Gasteiger charge is -2.36. The molecule has 0 aliphatic carbocycles. The van der Waals surface area contributed by atoms with E-state index in [1.54, 1.807) is 21.3 Å². The number of benzene rings is 1. The monoisotopic (exact) mass is 424 g/mol. The molecule has 2 aromatic heterocycles. The van der Waals surface area contributed by atoms with E-state index in [0.717, 1.165) is 41.8 Å². The molecule has 0 radical (unpaired) electrons. The number of aryl methyl sites for hydroxylation is 2. The maximum atomic E-state index is 13.4. The Hall–Kier alpha value is -3.09. The average molecular weight is 425 g/mol. The summed E-state index contributed by atoms with van der Waals surface area (Å²) in [6.45, 7) is 13.6. The minimum atomic E-state index is -0.982. The smallest absolute Gasteiger partial charge is 0.335 e. The molecule has 1 aliphatic heterocycles. The highest BCUT2D eigenvalue weighted by Gasteiger charge is 2.29. The van der Waals surface area contributed by atoms with Gasteiger partial charge in [0.1, 0.15) is 5.52 Å². The van der Waals surface area contributed by atoms with Gasteiger partial charge in [-0.05, 0) is 56.5 Å². The first-order valence-electron chi connectivity index (χ1n) is 11.1. The summed E-state index contributed by atoms with van der Waals surface area (Å²) < 4.78 is 3.43. The van der Waals surface area contributed by atoms with Crippen LogP contribution in [0.15, 0.2) is 29.1 Å². The zero-order valence-corrected chi connectivity index (χ0v) is 19.3. The van der Waals surface area contributed by atoms with Gasteiger partial charge >= 0.3 is 11.7 Å². The molecule has 3 heterocycles. The van der Waals surface area contributed by atoms with Crippen LogP contribution in [0.1, 0.15) is 62.2 Å². The average Bonchev–Trinajstić information content (AvgIpc) is 3.03. The highest BCUT2D eigenvalue weighted by molar-refractivity contribution is 5.90. The van der Waals surface area contributed by atoms with Gasteiger partial charge in [-0.1, -0.05) is 27.7 Å². The molecule has 31 heavy (non-hydrogen) atoms. The topological polar surface area (TPSA) is 80.4 Å². The molecule has 4 rings (SSSR count). The predicted octanol–water partition coefficient (Wildman–Crippen LogP) is 4.54. The van der Waals surface area contributed by atoms with E-state index in [1.807, 2.05) is 27.7 Å². The van der Waals surface area contributed by atoms with Gasteiger partial charge in [0.15, 0.2) is 5.65 Å². The second kappa shape index (κ2) is 8.96. The van der Waals surface area contributed by atoms with Gasteiger partial charge in [0.25, 0.3) is 0 Å². The zero-order chi connectivity index (χ0) is 22.9. The van der Waals surface area contributed by atoms with Gasteiger partial charge in [-0.2, -0.15) is 0 Å². The van der Waals surface area contributed by atoms with E-state index in [9.17, 15) is 14.7 Å². The largest absolute Gasteiger partial charge is 0.478 e. The third-order valence-electron chi connectivity index (χ3n) is 5.93. The Balaban J connectivity index is 0.00000132. The van der Waals surface area contributed by atoms with Gasteiger partial charge < -0.3 is 10.0 Å². The number of pyridine rings is 1. The van der Waals surface area contributed by atoms with Crippen molar-refractivity contribution in [2.24, 2.45) is 0 Å². The van der Waals surface area contributed by atoms with Crippen molar-refractivity contribution in [1.29, 1.82) is 0 Å². The standard InChI is InChI=1S/C22H26N4O3.C2H6/c1-5-16(6-2)24-9-10-25-19-18(24)12-14(4)23-20(19)26(22(25)29)17-8-7-15(21(27)28)11-13(17)3;1-2/h7-8,11-12,16H,5-6,9-10H2,1-4H3,(H,27,28);1-2H3. The SMILES string of the molecule is CC.CCC(CC)N1CCn2c(=O)n(-c3ccc(C(=O)O)cc3C)c3nc(C)cc1c32. The molecule has 7 nitrogen and oxygen atoms in total. The second-order valence-corrected chi connectivity index (χ2v) is 7.69. The van der Waals surface area contributed by atoms with Gasteiger partial charge in [-0.15, -0.1) is 0 Å². The van der Waals surface area contributed by atoms with Crippen molar-refractivity contribution in [3.8, 4) is 5.69 Å². The predicted molar refractivity (Wildman–Crippen MR) is 125 cm³/mol. The van der Waals surface area contributed by atoms with Gasteiger partial charge in [0, 0.05) is 24.8 Å². The number of hydrogen-bond donors (Lipinski definition) is 1. The van der Waals surface area contributed by atoms with Crippen molar-refractivity contribution < 1.29 is 9.90 Å². The van der Waals surface area contributed by atoms with Crippen LogP contribution >= 0.6 is 0 Å². The molecule has 0 saturated carbocycles. The Morgan fingerprint density at radius 3 is 2.35 bits per heavy atom. The Morgan fingerprint density at radius 1 is 1.10 bits per heavy atom. The first-order valence-corrected chi connectivity index (χ1v) is 11.1.